The van der Waals surface area contributed by atoms with Crippen LogP contribution in [0.2, 0.25) is 0 Å². The fourth-order valence-corrected chi connectivity index (χ4v) is 4.50. The average molecular weight is 460 g/mol. The zero-order valence-electron chi connectivity index (χ0n) is 19.3. The summed E-state index contributed by atoms with van der Waals surface area (Å²) < 4.78 is 6.07. The Morgan fingerprint density at radius 3 is 2.74 bits per heavy atom. The first-order valence-corrected chi connectivity index (χ1v) is 11.5. The number of carbonyl (C=O) groups excluding carboxylic acids is 1. The summed E-state index contributed by atoms with van der Waals surface area (Å²) in [7, 11) is 2.14. The third kappa shape index (κ3) is 4.25. The number of hydrogen-bond donors (Lipinski definition) is 2. The molecule has 4 heterocycles. The van der Waals surface area contributed by atoms with Gasteiger partial charge in [-0.3, -0.25) is 4.79 Å². The standard InChI is InChI=1S/C25H29N7O2/c1-3-21(33)25(17-26-9-14-34-25)20-6-4-5-18-15-28-24(30-23(18)20)29-19-7-8-22(27-16-19)32-12-10-31(2)11-13-32/h3-8,15-16,26H,1,9-14,17H2,2H3,(H,28,29,30). The van der Waals surface area contributed by atoms with Crippen molar-refractivity contribution in [2.75, 3.05) is 63.1 Å². The van der Waals surface area contributed by atoms with Gasteiger partial charge in [-0.15, -0.1) is 0 Å². The first kappa shape index (κ1) is 22.4. The number of pyridine rings is 1. The van der Waals surface area contributed by atoms with E-state index in [2.05, 4.69) is 44.0 Å². The van der Waals surface area contributed by atoms with Gasteiger partial charge in [-0.05, 0) is 25.3 Å². The van der Waals surface area contributed by atoms with Crippen LogP contribution in [0.15, 0.2) is 55.4 Å². The van der Waals surface area contributed by atoms with Crippen molar-refractivity contribution >= 4 is 34.1 Å². The third-order valence-electron chi connectivity index (χ3n) is 6.46. The number of rotatable bonds is 6. The lowest BCUT2D eigenvalue weighted by molar-refractivity contribution is -0.144. The van der Waals surface area contributed by atoms with Crippen LogP contribution in [0.4, 0.5) is 17.5 Å². The molecule has 0 bridgehead atoms. The van der Waals surface area contributed by atoms with Crippen molar-refractivity contribution in [1.29, 1.82) is 0 Å². The van der Waals surface area contributed by atoms with Crippen LogP contribution in [0.1, 0.15) is 5.56 Å². The summed E-state index contributed by atoms with van der Waals surface area (Å²) in [6, 6.07) is 9.71. The van der Waals surface area contributed by atoms with Gasteiger partial charge in [-0.1, -0.05) is 24.8 Å². The molecule has 0 spiro atoms. The number of morpholine rings is 1. The lowest BCUT2D eigenvalue weighted by Gasteiger charge is -2.36. The number of benzene rings is 1. The number of anilines is 3. The first-order valence-electron chi connectivity index (χ1n) is 11.5. The fourth-order valence-electron chi connectivity index (χ4n) is 4.50. The lowest BCUT2D eigenvalue weighted by Crippen LogP contribution is -2.52. The van der Waals surface area contributed by atoms with E-state index < -0.39 is 5.60 Å². The Labute approximate surface area is 198 Å². The van der Waals surface area contributed by atoms with Crippen molar-refractivity contribution in [2.45, 2.75) is 5.60 Å². The molecule has 2 N–H and O–H groups in total. The zero-order valence-corrected chi connectivity index (χ0v) is 19.3. The summed E-state index contributed by atoms with van der Waals surface area (Å²) in [5.74, 6) is 1.20. The first-order chi connectivity index (χ1) is 16.6. The van der Waals surface area contributed by atoms with Gasteiger partial charge < -0.3 is 25.2 Å². The van der Waals surface area contributed by atoms with Gasteiger partial charge in [-0.25, -0.2) is 15.0 Å². The molecule has 0 amide bonds. The second-order valence-corrected chi connectivity index (χ2v) is 8.68. The lowest BCUT2D eigenvalue weighted by atomic mass is 9.86. The van der Waals surface area contributed by atoms with E-state index in [0.717, 1.165) is 43.1 Å². The number of carbonyl (C=O) groups is 1. The number of nitrogens with zero attached hydrogens (tertiary/aromatic N) is 5. The predicted octanol–water partition coefficient (Wildman–Crippen LogP) is 2.09. The van der Waals surface area contributed by atoms with Gasteiger partial charge in [0, 0.05) is 56.4 Å². The maximum absolute atomic E-state index is 12.9. The molecule has 1 atom stereocenters. The van der Waals surface area contributed by atoms with Crippen LogP contribution < -0.4 is 15.5 Å². The Morgan fingerprint density at radius 2 is 2.03 bits per heavy atom. The van der Waals surface area contributed by atoms with E-state index in [4.69, 9.17) is 9.72 Å². The molecule has 3 aromatic rings. The van der Waals surface area contributed by atoms with Gasteiger partial charge >= 0.3 is 0 Å². The van der Waals surface area contributed by atoms with Crippen molar-refractivity contribution in [3.05, 3.63) is 60.9 Å². The van der Waals surface area contributed by atoms with E-state index in [1.54, 1.807) is 12.4 Å². The molecule has 0 radical (unpaired) electrons. The highest BCUT2D eigenvalue weighted by Gasteiger charge is 2.42. The minimum atomic E-state index is -1.16. The molecule has 2 fully saturated rings. The van der Waals surface area contributed by atoms with Crippen molar-refractivity contribution < 1.29 is 9.53 Å². The van der Waals surface area contributed by atoms with Gasteiger partial charge in [0.2, 0.25) is 5.95 Å². The number of piperazine rings is 1. The van der Waals surface area contributed by atoms with Crippen LogP contribution in [-0.2, 0) is 15.1 Å². The Bertz CT molecular complexity index is 1180. The second-order valence-electron chi connectivity index (χ2n) is 8.68. The van der Waals surface area contributed by atoms with Crippen LogP contribution in [0.3, 0.4) is 0 Å². The minimum absolute atomic E-state index is 0.191. The molecule has 2 aromatic heterocycles. The van der Waals surface area contributed by atoms with E-state index in [1.165, 1.54) is 6.08 Å². The van der Waals surface area contributed by atoms with Crippen molar-refractivity contribution in [1.82, 2.24) is 25.2 Å². The Hall–Kier alpha value is -3.40. The number of ketones is 1. The molecule has 0 saturated carbocycles. The number of ether oxygens (including phenoxy) is 1. The van der Waals surface area contributed by atoms with E-state index in [-0.39, 0.29) is 5.78 Å². The maximum Gasteiger partial charge on any atom is 0.227 e. The summed E-state index contributed by atoms with van der Waals surface area (Å²) in [5.41, 5.74) is 1.01. The van der Waals surface area contributed by atoms with Crippen molar-refractivity contribution in [3.8, 4) is 0 Å². The molecule has 176 valence electrons. The average Bonchev–Trinajstić information content (AvgIpc) is 2.89. The molecule has 5 rings (SSSR count). The minimum Gasteiger partial charge on any atom is -0.359 e. The van der Waals surface area contributed by atoms with Crippen LogP contribution in [0.5, 0.6) is 0 Å². The summed E-state index contributed by atoms with van der Waals surface area (Å²) >= 11 is 0. The summed E-state index contributed by atoms with van der Waals surface area (Å²) in [4.78, 5) is 31.4. The van der Waals surface area contributed by atoms with Crippen LogP contribution in [0, 0.1) is 0 Å². The van der Waals surface area contributed by atoms with Crippen LogP contribution in [0.25, 0.3) is 10.9 Å². The smallest absolute Gasteiger partial charge is 0.227 e. The number of hydrogen-bond acceptors (Lipinski definition) is 9. The highest BCUT2D eigenvalue weighted by atomic mass is 16.5. The van der Waals surface area contributed by atoms with Crippen LogP contribution in [-0.4, -0.2) is 78.6 Å². The highest BCUT2D eigenvalue weighted by Crippen LogP contribution is 2.34. The number of nitrogens with one attached hydrogen (secondary N) is 2. The Balaban J connectivity index is 1.43. The van der Waals surface area contributed by atoms with Gasteiger partial charge in [0.15, 0.2) is 11.4 Å². The van der Waals surface area contributed by atoms with Crippen molar-refractivity contribution in [2.24, 2.45) is 0 Å². The molecule has 1 unspecified atom stereocenters. The van der Waals surface area contributed by atoms with E-state index >= 15 is 0 Å². The number of likely N-dealkylation sites (N-methyl/N-ethyl adjacent to an activating group) is 1. The molecule has 2 aliphatic rings. The Kier molecular flexibility index (Phi) is 6.23. The zero-order chi connectivity index (χ0) is 23.5. The molecule has 9 nitrogen and oxygen atoms in total. The van der Waals surface area contributed by atoms with Crippen molar-refractivity contribution in [3.63, 3.8) is 0 Å². The molecule has 1 aromatic carbocycles. The fraction of sp³-hybridized carbons (Fsp3) is 0.360. The van der Waals surface area contributed by atoms with E-state index in [9.17, 15) is 4.79 Å². The molecule has 34 heavy (non-hydrogen) atoms. The SMILES string of the molecule is C=CC(=O)C1(c2cccc3cnc(Nc4ccc(N5CCN(C)CC5)nc4)nc23)CNCCO1. The largest absolute Gasteiger partial charge is 0.359 e. The number of fused-ring (bicyclic) bond motifs is 1. The summed E-state index contributed by atoms with van der Waals surface area (Å²) in [6.45, 7) is 9.17. The summed E-state index contributed by atoms with van der Waals surface area (Å²) in [6.07, 6.45) is 4.87. The van der Waals surface area contributed by atoms with Gasteiger partial charge in [0.1, 0.15) is 5.82 Å². The Morgan fingerprint density at radius 1 is 1.18 bits per heavy atom. The second kappa shape index (κ2) is 9.46. The van der Waals surface area contributed by atoms with E-state index in [1.807, 2.05) is 30.3 Å². The molecule has 9 heteroatoms. The quantitative estimate of drug-likeness (QED) is 0.537. The summed E-state index contributed by atoms with van der Waals surface area (Å²) in [5, 5.41) is 7.35. The van der Waals surface area contributed by atoms with Gasteiger partial charge in [0.05, 0.1) is 24.0 Å². The molecule has 0 aliphatic carbocycles. The van der Waals surface area contributed by atoms with Gasteiger partial charge in [-0.2, -0.15) is 0 Å². The molecular weight excluding hydrogens is 430 g/mol. The number of aromatic nitrogens is 3. The third-order valence-corrected chi connectivity index (χ3v) is 6.46. The van der Waals surface area contributed by atoms with Crippen LogP contribution >= 0.6 is 0 Å². The number of para-hydroxylation sites is 1. The van der Waals surface area contributed by atoms with E-state index in [0.29, 0.717) is 36.7 Å². The predicted molar refractivity (Wildman–Crippen MR) is 132 cm³/mol. The highest BCUT2D eigenvalue weighted by molar-refractivity contribution is 6.01. The van der Waals surface area contributed by atoms with Gasteiger partial charge in [0.25, 0.3) is 0 Å². The topological polar surface area (TPSA) is 95.5 Å². The molecule has 2 aliphatic heterocycles. The monoisotopic (exact) mass is 459 g/mol. The normalized spacial score (nSPS) is 21.4. The molecular formula is C25H29N7O2. The maximum atomic E-state index is 12.9. The molecule has 2 saturated heterocycles.